The number of benzene rings is 1. The van der Waals surface area contributed by atoms with Crippen molar-refractivity contribution < 1.29 is 14.3 Å². The van der Waals surface area contributed by atoms with Gasteiger partial charge < -0.3 is 15.4 Å². The van der Waals surface area contributed by atoms with Gasteiger partial charge in [0.2, 0.25) is 0 Å². The summed E-state index contributed by atoms with van der Waals surface area (Å²) in [6, 6.07) is 4.96. The van der Waals surface area contributed by atoms with Gasteiger partial charge in [-0.05, 0) is 34.7 Å². The van der Waals surface area contributed by atoms with E-state index in [0.717, 1.165) is 2.88 Å². The molecule has 0 spiro atoms. The van der Waals surface area contributed by atoms with Crippen molar-refractivity contribution in [1.29, 1.82) is 0 Å². The minimum Gasteiger partial charge on any atom is -0.482 e. The molecule has 2 heterocycles. The van der Waals surface area contributed by atoms with Gasteiger partial charge in [-0.1, -0.05) is 11.6 Å². The minimum absolute atomic E-state index is 0.0508. The first kappa shape index (κ1) is 14.6. The van der Waals surface area contributed by atoms with E-state index in [0.29, 0.717) is 27.7 Å². The van der Waals surface area contributed by atoms with Gasteiger partial charge in [0.15, 0.2) is 6.61 Å². The monoisotopic (exact) mass is 434 g/mol. The lowest BCUT2D eigenvalue weighted by Gasteiger charge is -2.19. The molecule has 0 saturated heterocycles. The quantitative estimate of drug-likeness (QED) is 0.710. The second-order valence-corrected chi connectivity index (χ2v) is 7.47. The van der Waals surface area contributed by atoms with Gasteiger partial charge >= 0.3 is 0 Å². The molecule has 2 N–H and O–H groups in total. The molecular formula is C13H8ClIN2O3S. The molecule has 0 saturated carbocycles. The number of nitrogens with one attached hydrogen (secondary N) is 2. The Hall–Kier alpha value is -1.32. The van der Waals surface area contributed by atoms with Gasteiger partial charge in [-0.15, -0.1) is 11.3 Å². The third-order valence-corrected chi connectivity index (χ3v) is 4.88. The Labute approximate surface area is 142 Å². The van der Waals surface area contributed by atoms with Crippen LogP contribution in [-0.4, -0.2) is 18.4 Å². The van der Waals surface area contributed by atoms with E-state index in [9.17, 15) is 9.59 Å². The number of anilines is 2. The minimum atomic E-state index is -0.240. The van der Waals surface area contributed by atoms with Crippen LogP contribution in [0.15, 0.2) is 23.6 Å². The van der Waals surface area contributed by atoms with E-state index in [2.05, 4.69) is 33.2 Å². The normalized spacial score (nSPS) is 13.1. The Kier molecular flexibility index (Phi) is 4.05. The van der Waals surface area contributed by atoms with Crippen LogP contribution in [0, 0.1) is 2.88 Å². The molecule has 1 aliphatic rings. The predicted molar refractivity (Wildman–Crippen MR) is 90.6 cm³/mol. The van der Waals surface area contributed by atoms with Crippen LogP contribution in [-0.2, 0) is 4.79 Å². The molecule has 8 heteroatoms. The van der Waals surface area contributed by atoms with E-state index < -0.39 is 0 Å². The van der Waals surface area contributed by atoms with Crippen molar-refractivity contribution in [1.82, 2.24) is 0 Å². The molecule has 108 valence electrons. The van der Waals surface area contributed by atoms with Crippen LogP contribution in [0.5, 0.6) is 5.75 Å². The maximum absolute atomic E-state index is 12.1. The summed E-state index contributed by atoms with van der Waals surface area (Å²) in [5, 5.41) is 7.51. The number of ether oxygens (including phenoxy) is 1. The fourth-order valence-electron chi connectivity index (χ4n) is 1.82. The Morgan fingerprint density at radius 2 is 2.24 bits per heavy atom. The molecule has 21 heavy (non-hydrogen) atoms. The molecule has 5 nitrogen and oxygen atoms in total. The fraction of sp³-hybridized carbons (Fsp3) is 0.0769. The maximum Gasteiger partial charge on any atom is 0.262 e. The van der Waals surface area contributed by atoms with E-state index in [1.165, 1.54) is 11.3 Å². The van der Waals surface area contributed by atoms with Crippen LogP contribution >= 0.6 is 45.5 Å². The summed E-state index contributed by atoms with van der Waals surface area (Å²) in [6.45, 7) is -0.0508. The molecule has 2 amide bonds. The summed E-state index contributed by atoms with van der Waals surface area (Å²) in [5.74, 6) is 0.00765. The molecule has 1 aromatic carbocycles. The van der Waals surface area contributed by atoms with Gasteiger partial charge in [-0.2, -0.15) is 0 Å². The van der Waals surface area contributed by atoms with Crippen LogP contribution in [0.4, 0.5) is 11.4 Å². The number of amides is 2. The van der Waals surface area contributed by atoms with Gasteiger partial charge in [0.1, 0.15) is 5.75 Å². The molecule has 0 aliphatic carbocycles. The summed E-state index contributed by atoms with van der Waals surface area (Å²) >= 11 is 9.77. The van der Waals surface area contributed by atoms with Crippen molar-refractivity contribution in [3.63, 3.8) is 0 Å². The highest BCUT2D eigenvalue weighted by molar-refractivity contribution is 14.1. The van der Waals surface area contributed by atoms with Gasteiger partial charge in [-0.3, -0.25) is 9.59 Å². The van der Waals surface area contributed by atoms with Crippen LogP contribution in [0.3, 0.4) is 0 Å². The Morgan fingerprint density at radius 3 is 2.95 bits per heavy atom. The number of carbonyl (C=O) groups is 2. The Bertz CT molecular complexity index is 747. The second-order valence-electron chi connectivity index (χ2n) is 4.26. The van der Waals surface area contributed by atoms with E-state index >= 15 is 0 Å². The topological polar surface area (TPSA) is 67.4 Å². The molecule has 0 unspecified atom stereocenters. The number of hydrogen-bond acceptors (Lipinski definition) is 4. The molecule has 0 atom stereocenters. The van der Waals surface area contributed by atoms with Crippen LogP contribution < -0.4 is 15.4 Å². The summed E-state index contributed by atoms with van der Waals surface area (Å²) in [4.78, 5) is 23.4. The zero-order valence-corrected chi connectivity index (χ0v) is 14.1. The second kappa shape index (κ2) is 5.82. The molecule has 0 bridgehead atoms. The number of thiophene rings is 1. The van der Waals surface area contributed by atoms with Crippen LogP contribution in [0.1, 0.15) is 10.4 Å². The maximum atomic E-state index is 12.1. The third-order valence-electron chi connectivity index (χ3n) is 2.78. The van der Waals surface area contributed by atoms with Gasteiger partial charge in [0, 0.05) is 11.4 Å². The molecular weight excluding hydrogens is 427 g/mol. The Morgan fingerprint density at radius 1 is 1.43 bits per heavy atom. The van der Waals surface area contributed by atoms with E-state index in [4.69, 9.17) is 16.3 Å². The molecule has 1 aliphatic heterocycles. The standard InChI is InChI=1S/C13H8ClIN2O3S/c14-7-2-9-10(20-4-12(18)16-9)3-8(7)17-13(19)6-1-11(15)21-5-6/h1-3,5H,4H2,(H,16,18)(H,17,19). The summed E-state index contributed by atoms with van der Waals surface area (Å²) in [6.07, 6.45) is 0. The van der Waals surface area contributed by atoms with Gasteiger partial charge in [0.05, 0.1) is 24.8 Å². The van der Waals surface area contributed by atoms with Crippen molar-refractivity contribution in [2.75, 3.05) is 17.2 Å². The highest BCUT2D eigenvalue weighted by Crippen LogP contribution is 2.36. The van der Waals surface area contributed by atoms with Gasteiger partial charge in [0.25, 0.3) is 11.8 Å². The number of halogens is 2. The van der Waals surface area contributed by atoms with Crippen molar-refractivity contribution >= 4 is 68.7 Å². The lowest BCUT2D eigenvalue weighted by atomic mass is 10.2. The lowest BCUT2D eigenvalue weighted by Crippen LogP contribution is -2.25. The van der Waals surface area contributed by atoms with Crippen LogP contribution in [0.25, 0.3) is 0 Å². The largest absolute Gasteiger partial charge is 0.482 e. The number of hydrogen-bond donors (Lipinski definition) is 2. The molecule has 2 aromatic rings. The first-order valence-corrected chi connectivity index (χ1v) is 8.18. The smallest absolute Gasteiger partial charge is 0.262 e. The zero-order valence-electron chi connectivity index (χ0n) is 10.4. The summed E-state index contributed by atoms with van der Waals surface area (Å²) in [7, 11) is 0. The molecule has 1 aromatic heterocycles. The average molecular weight is 435 g/mol. The summed E-state index contributed by atoms with van der Waals surface area (Å²) in [5.41, 5.74) is 1.52. The fourth-order valence-corrected chi connectivity index (χ4v) is 3.36. The highest BCUT2D eigenvalue weighted by Gasteiger charge is 2.19. The molecule has 0 radical (unpaired) electrons. The van der Waals surface area contributed by atoms with Crippen molar-refractivity contribution in [3.05, 3.63) is 37.0 Å². The predicted octanol–water partition coefficient (Wildman–Crippen LogP) is 3.59. The molecule has 3 rings (SSSR count). The number of rotatable bonds is 2. The van der Waals surface area contributed by atoms with Crippen molar-refractivity contribution in [3.8, 4) is 5.75 Å². The third kappa shape index (κ3) is 3.14. The Balaban J connectivity index is 1.86. The van der Waals surface area contributed by atoms with E-state index in [-0.39, 0.29) is 18.4 Å². The van der Waals surface area contributed by atoms with Crippen molar-refractivity contribution in [2.45, 2.75) is 0 Å². The number of fused-ring (bicyclic) bond motifs is 1. The van der Waals surface area contributed by atoms with E-state index in [1.54, 1.807) is 23.6 Å². The highest BCUT2D eigenvalue weighted by atomic mass is 127. The first-order valence-electron chi connectivity index (χ1n) is 5.84. The van der Waals surface area contributed by atoms with Crippen LogP contribution in [0.2, 0.25) is 5.02 Å². The zero-order chi connectivity index (χ0) is 15.0. The first-order chi connectivity index (χ1) is 10.0. The molecule has 0 fully saturated rings. The van der Waals surface area contributed by atoms with E-state index in [1.807, 2.05) is 0 Å². The number of carbonyl (C=O) groups excluding carboxylic acids is 2. The van der Waals surface area contributed by atoms with Gasteiger partial charge in [-0.25, -0.2) is 0 Å². The van der Waals surface area contributed by atoms with Crippen molar-refractivity contribution in [2.24, 2.45) is 0 Å². The SMILES string of the molecule is O=C1COc2cc(NC(=O)c3csc(I)c3)c(Cl)cc2N1. The summed E-state index contributed by atoms with van der Waals surface area (Å²) < 4.78 is 6.33. The lowest BCUT2D eigenvalue weighted by molar-refractivity contribution is -0.118. The average Bonchev–Trinajstić information content (AvgIpc) is 2.86.